The lowest BCUT2D eigenvalue weighted by molar-refractivity contribution is 0.407. The number of thioether (sulfide) groups is 1. The molecule has 0 N–H and O–H groups in total. The Morgan fingerprint density at radius 3 is 2.64 bits per heavy atom. The van der Waals surface area contributed by atoms with Crippen molar-refractivity contribution in [2.24, 2.45) is 0 Å². The van der Waals surface area contributed by atoms with Gasteiger partial charge in [-0.05, 0) is 26.0 Å². The van der Waals surface area contributed by atoms with Crippen molar-refractivity contribution in [1.82, 2.24) is 19.7 Å². The lowest BCUT2D eigenvalue weighted by atomic mass is 10.1. The van der Waals surface area contributed by atoms with Gasteiger partial charge < -0.3 is 9.47 Å². The molecule has 3 rings (SSSR count). The van der Waals surface area contributed by atoms with E-state index >= 15 is 0 Å². The zero-order valence-corrected chi connectivity index (χ0v) is 17.4. The van der Waals surface area contributed by atoms with Crippen molar-refractivity contribution in [3.8, 4) is 22.9 Å². The van der Waals surface area contributed by atoms with Crippen molar-refractivity contribution in [2.45, 2.75) is 31.3 Å². The zero-order valence-electron chi connectivity index (χ0n) is 16.6. The van der Waals surface area contributed by atoms with Crippen LogP contribution in [0.2, 0.25) is 0 Å². The SMILES string of the molecule is C=CCn1c(SCc2ncc(C)c(OC)c2C)nnc1-c1ccccc1OC. The second kappa shape index (κ2) is 8.93. The van der Waals surface area contributed by atoms with E-state index in [1.165, 1.54) is 0 Å². The molecule has 0 amide bonds. The summed E-state index contributed by atoms with van der Waals surface area (Å²) in [5, 5.41) is 9.63. The second-order valence-electron chi connectivity index (χ2n) is 6.24. The summed E-state index contributed by atoms with van der Waals surface area (Å²) in [4.78, 5) is 4.57. The molecule has 0 aliphatic rings. The van der Waals surface area contributed by atoms with E-state index in [2.05, 4.69) is 21.8 Å². The first-order chi connectivity index (χ1) is 13.6. The van der Waals surface area contributed by atoms with Gasteiger partial charge in [-0.15, -0.1) is 16.8 Å². The number of methoxy groups -OCH3 is 2. The van der Waals surface area contributed by atoms with E-state index in [0.717, 1.165) is 44.9 Å². The summed E-state index contributed by atoms with van der Waals surface area (Å²) >= 11 is 1.59. The number of hydrogen-bond acceptors (Lipinski definition) is 6. The Morgan fingerprint density at radius 2 is 1.93 bits per heavy atom. The molecule has 2 aromatic heterocycles. The standard InChI is InChI=1S/C21H24N4O2S/c1-6-11-25-20(16-9-7-8-10-18(16)26-4)23-24-21(25)28-13-17-15(3)19(27-5)14(2)12-22-17/h6-10,12H,1,11,13H2,2-5H3. The molecule has 7 heteroatoms. The number of ether oxygens (including phenoxy) is 2. The molecular formula is C21H24N4O2S. The molecule has 2 heterocycles. The number of allylic oxidation sites excluding steroid dienone is 1. The molecule has 0 saturated carbocycles. The van der Waals surface area contributed by atoms with Gasteiger partial charge >= 0.3 is 0 Å². The number of hydrogen-bond donors (Lipinski definition) is 0. The maximum Gasteiger partial charge on any atom is 0.192 e. The van der Waals surface area contributed by atoms with Crippen molar-refractivity contribution in [3.05, 3.63) is 59.9 Å². The van der Waals surface area contributed by atoms with Gasteiger partial charge in [0.15, 0.2) is 11.0 Å². The summed E-state index contributed by atoms with van der Waals surface area (Å²) in [6.45, 7) is 8.50. The van der Waals surface area contributed by atoms with Gasteiger partial charge in [-0.25, -0.2) is 0 Å². The van der Waals surface area contributed by atoms with E-state index in [0.29, 0.717) is 12.3 Å². The monoisotopic (exact) mass is 396 g/mol. The fourth-order valence-electron chi connectivity index (χ4n) is 3.07. The van der Waals surface area contributed by atoms with Gasteiger partial charge in [0.05, 0.1) is 25.5 Å². The molecule has 146 valence electrons. The summed E-state index contributed by atoms with van der Waals surface area (Å²) in [6, 6.07) is 7.79. The minimum absolute atomic E-state index is 0.604. The highest BCUT2D eigenvalue weighted by Crippen LogP contribution is 2.33. The number of aromatic nitrogens is 4. The van der Waals surface area contributed by atoms with Gasteiger partial charge in [0.1, 0.15) is 11.5 Å². The number of pyridine rings is 1. The summed E-state index contributed by atoms with van der Waals surface area (Å²) in [5.74, 6) is 3.07. The van der Waals surface area contributed by atoms with Crippen LogP contribution in [0.1, 0.15) is 16.8 Å². The number of nitrogens with zero attached hydrogens (tertiary/aromatic N) is 4. The van der Waals surface area contributed by atoms with Gasteiger partial charge in [-0.1, -0.05) is 30.0 Å². The molecule has 1 aromatic carbocycles. The fourth-order valence-corrected chi connectivity index (χ4v) is 4.04. The summed E-state index contributed by atoms with van der Waals surface area (Å²) in [6.07, 6.45) is 3.68. The lowest BCUT2D eigenvalue weighted by Crippen LogP contribution is -2.03. The molecule has 0 atom stereocenters. The fraction of sp³-hybridized carbons (Fsp3) is 0.286. The normalized spacial score (nSPS) is 10.7. The minimum atomic E-state index is 0.604. The van der Waals surface area contributed by atoms with Crippen LogP contribution in [0.25, 0.3) is 11.4 Å². The lowest BCUT2D eigenvalue weighted by Gasteiger charge is -2.13. The van der Waals surface area contributed by atoms with Crippen LogP contribution in [0.5, 0.6) is 11.5 Å². The third kappa shape index (κ3) is 3.89. The van der Waals surface area contributed by atoms with Crippen LogP contribution in [-0.2, 0) is 12.3 Å². The highest BCUT2D eigenvalue weighted by molar-refractivity contribution is 7.98. The first-order valence-corrected chi connectivity index (χ1v) is 9.88. The van der Waals surface area contributed by atoms with E-state index in [-0.39, 0.29) is 0 Å². The van der Waals surface area contributed by atoms with Gasteiger partial charge in [-0.2, -0.15) is 0 Å². The molecule has 0 spiro atoms. The predicted octanol–water partition coefficient (Wildman–Crippen LogP) is 4.45. The van der Waals surface area contributed by atoms with Crippen LogP contribution in [-0.4, -0.2) is 34.0 Å². The zero-order chi connectivity index (χ0) is 20.1. The summed E-state index contributed by atoms with van der Waals surface area (Å²) in [5.41, 5.74) is 3.95. The maximum absolute atomic E-state index is 5.51. The van der Waals surface area contributed by atoms with Crippen molar-refractivity contribution in [1.29, 1.82) is 0 Å². The maximum atomic E-state index is 5.51. The summed E-state index contributed by atoms with van der Waals surface area (Å²) in [7, 11) is 3.34. The highest BCUT2D eigenvalue weighted by atomic mass is 32.2. The molecule has 0 aliphatic heterocycles. The third-order valence-electron chi connectivity index (χ3n) is 4.46. The Kier molecular flexibility index (Phi) is 6.36. The number of benzene rings is 1. The van der Waals surface area contributed by atoms with E-state index in [9.17, 15) is 0 Å². The van der Waals surface area contributed by atoms with Gasteiger partial charge in [0.25, 0.3) is 0 Å². The average Bonchev–Trinajstić information content (AvgIpc) is 3.10. The van der Waals surface area contributed by atoms with Gasteiger partial charge in [-0.3, -0.25) is 9.55 Å². The Morgan fingerprint density at radius 1 is 1.14 bits per heavy atom. The smallest absolute Gasteiger partial charge is 0.192 e. The van der Waals surface area contributed by atoms with Crippen LogP contribution < -0.4 is 9.47 Å². The molecule has 6 nitrogen and oxygen atoms in total. The Hall–Kier alpha value is -2.80. The Balaban J connectivity index is 1.92. The molecule has 0 radical (unpaired) electrons. The molecule has 0 bridgehead atoms. The molecular weight excluding hydrogens is 372 g/mol. The first-order valence-electron chi connectivity index (χ1n) is 8.90. The predicted molar refractivity (Wildman–Crippen MR) is 112 cm³/mol. The van der Waals surface area contributed by atoms with Gasteiger partial charge in [0.2, 0.25) is 0 Å². The molecule has 3 aromatic rings. The first kappa shape index (κ1) is 19.9. The number of para-hydroxylation sites is 1. The quantitative estimate of drug-likeness (QED) is 0.414. The van der Waals surface area contributed by atoms with E-state index < -0.39 is 0 Å². The molecule has 28 heavy (non-hydrogen) atoms. The van der Waals surface area contributed by atoms with Crippen molar-refractivity contribution in [3.63, 3.8) is 0 Å². The van der Waals surface area contributed by atoms with E-state index in [1.807, 2.05) is 55.0 Å². The van der Waals surface area contributed by atoms with Gasteiger partial charge in [0, 0.05) is 29.6 Å². The van der Waals surface area contributed by atoms with Crippen molar-refractivity contribution in [2.75, 3.05) is 14.2 Å². The molecule has 0 aliphatic carbocycles. The van der Waals surface area contributed by atoms with E-state index in [1.54, 1.807) is 26.0 Å². The van der Waals surface area contributed by atoms with Crippen LogP contribution in [0.15, 0.2) is 48.3 Å². The molecule has 0 saturated heterocycles. The topological polar surface area (TPSA) is 62.1 Å². The van der Waals surface area contributed by atoms with Crippen LogP contribution in [0.3, 0.4) is 0 Å². The Bertz CT molecular complexity index is 985. The summed E-state index contributed by atoms with van der Waals surface area (Å²) < 4.78 is 13.0. The minimum Gasteiger partial charge on any atom is -0.496 e. The average molecular weight is 397 g/mol. The number of rotatable bonds is 8. The third-order valence-corrected chi connectivity index (χ3v) is 5.44. The van der Waals surface area contributed by atoms with Crippen molar-refractivity contribution < 1.29 is 9.47 Å². The van der Waals surface area contributed by atoms with Crippen LogP contribution in [0.4, 0.5) is 0 Å². The van der Waals surface area contributed by atoms with E-state index in [4.69, 9.17) is 9.47 Å². The Labute approximate surface area is 169 Å². The molecule has 0 unspecified atom stereocenters. The molecule has 0 fully saturated rings. The second-order valence-corrected chi connectivity index (χ2v) is 7.18. The van der Waals surface area contributed by atoms with Crippen LogP contribution >= 0.6 is 11.8 Å². The number of aryl methyl sites for hydroxylation is 1. The largest absolute Gasteiger partial charge is 0.496 e. The van der Waals surface area contributed by atoms with Crippen LogP contribution in [0, 0.1) is 13.8 Å². The van der Waals surface area contributed by atoms with Crippen molar-refractivity contribution >= 4 is 11.8 Å². The highest BCUT2D eigenvalue weighted by Gasteiger charge is 2.18.